The molecular weight excluding hydrogens is 330 g/mol. The molecule has 0 fully saturated rings. The molecule has 26 heavy (non-hydrogen) atoms. The van der Waals surface area contributed by atoms with Gasteiger partial charge in [-0.25, -0.2) is 4.98 Å². The lowest BCUT2D eigenvalue weighted by Gasteiger charge is -2.18. The van der Waals surface area contributed by atoms with Gasteiger partial charge < -0.3 is 19.7 Å². The van der Waals surface area contributed by atoms with Crippen LogP contribution in [0, 0.1) is 0 Å². The van der Waals surface area contributed by atoms with Crippen LogP contribution in [-0.2, 0) is 6.42 Å². The van der Waals surface area contributed by atoms with Gasteiger partial charge in [-0.3, -0.25) is 4.79 Å². The second kappa shape index (κ2) is 7.01. The molecule has 0 saturated carbocycles. The van der Waals surface area contributed by atoms with Gasteiger partial charge in [0.15, 0.2) is 0 Å². The first-order valence-corrected chi connectivity index (χ1v) is 8.53. The first kappa shape index (κ1) is 16.4. The molecule has 2 N–H and O–H groups in total. The fraction of sp³-hybridized carbons (Fsp3) is 0.200. The van der Waals surface area contributed by atoms with E-state index in [2.05, 4.69) is 16.4 Å². The van der Waals surface area contributed by atoms with Gasteiger partial charge in [0, 0.05) is 18.4 Å². The lowest BCUT2D eigenvalue weighted by Crippen LogP contribution is -2.29. The lowest BCUT2D eigenvalue weighted by molar-refractivity contribution is 0.0989. The fourth-order valence-corrected chi connectivity index (χ4v) is 3.19. The number of rotatable bonds is 5. The number of hydrogen-bond donors (Lipinski definition) is 2. The molecule has 1 unspecified atom stereocenters. The number of aromatic nitrogens is 1. The van der Waals surface area contributed by atoms with E-state index in [1.807, 2.05) is 18.2 Å². The van der Waals surface area contributed by atoms with E-state index in [0.29, 0.717) is 23.7 Å². The van der Waals surface area contributed by atoms with Crippen molar-refractivity contribution in [3.63, 3.8) is 0 Å². The number of nitrogens with one attached hydrogen (secondary N) is 1. The zero-order valence-corrected chi connectivity index (χ0v) is 14.1. The van der Waals surface area contributed by atoms with Crippen LogP contribution in [0.4, 0.5) is 11.5 Å². The lowest BCUT2D eigenvalue weighted by atomic mass is 10.2. The summed E-state index contributed by atoms with van der Waals surface area (Å²) in [6.07, 6.45) is 3.99. The first-order valence-electron chi connectivity index (χ1n) is 8.53. The van der Waals surface area contributed by atoms with Crippen molar-refractivity contribution in [1.29, 1.82) is 0 Å². The molecule has 0 radical (unpaired) electrons. The third-order valence-electron chi connectivity index (χ3n) is 4.53. The van der Waals surface area contributed by atoms with Gasteiger partial charge in [-0.05, 0) is 42.3 Å². The Morgan fingerprint density at radius 2 is 2.12 bits per heavy atom. The molecule has 1 amide bonds. The standard InChI is InChI=1S/C20H19N3O3/c24-13-16(18-6-3-11-26-18)22-19-8-7-15(12-21-19)20(25)23-10-9-14-4-1-2-5-17(14)23/h1-8,11-12,16,24H,9-10,13H2,(H,21,22). The molecule has 1 aliphatic heterocycles. The number of para-hydroxylation sites is 1. The van der Waals surface area contributed by atoms with Gasteiger partial charge in [-0.15, -0.1) is 0 Å². The Morgan fingerprint density at radius 3 is 2.85 bits per heavy atom. The van der Waals surface area contributed by atoms with Gasteiger partial charge in [0.2, 0.25) is 0 Å². The van der Waals surface area contributed by atoms with Crippen LogP contribution in [0.2, 0.25) is 0 Å². The van der Waals surface area contributed by atoms with E-state index >= 15 is 0 Å². The predicted octanol–water partition coefficient (Wildman–Crippen LogP) is 3.02. The summed E-state index contributed by atoms with van der Waals surface area (Å²) < 4.78 is 5.31. The molecule has 0 saturated heterocycles. The third-order valence-corrected chi connectivity index (χ3v) is 4.53. The number of furan rings is 1. The number of aliphatic hydroxyl groups is 1. The Hall–Kier alpha value is -3.12. The molecule has 0 bridgehead atoms. The van der Waals surface area contributed by atoms with Crippen LogP contribution in [0.25, 0.3) is 0 Å². The number of carbonyl (C=O) groups excluding carboxylic acids is 1. The fourth-order valence-electron chi connectivity index (χ4n) is 3.19. The number of fused-ring (bicyclic) bond motifs is 1. The molecule has 1 atom stereocenters. The number of benzene rings is 1. The Morgan fingerprint density at radius 1 is 1.23 bits per heavy atom. The Kier molecular flexibility index (Phi) is 4.41. The van der Waals surface area contributed by atoms with Gasteiger partial charge in [0.1, 0.15) is 17.6 Å². The molecule has 1 aromatic carbocycles. The minimum atomic E-state index is -0.385. The normalized spacial score (nSPS) is 14.1. The van der Waals surface area contributed by atoms with Crippen molar-refractivity contribution in [3.05, 3.63) is 77.9 Å². The Labute approximate surface area is 151 Å². The molecule has 2 aromatic heterocycles. The molecule has 6 heteroatoms. The number of nitrogens with zero attached hydrogens (tertiary/aromatic N) is 2. The second-order valence-corrected chi connectivity index (χ2v) is 6.16. The molecule has 0 spiro atoms. The van der Waals surface area contributed by atoms with Gasteiger partial charge in [-0.2, -0.15) is 0 Å². The maximum atomic E-state index is 12.8. The Balaban J connectivity index is 1.49. The maximum Gasteiger partial charge on any atom is 0.259 e. The van der Waals surface area contributed by atoms with Crippen molar-refractivity contribution in [3.8, 4) is 0 Å². The molecule has 1 aliphatic rings. The van der Waals surface area contributed by atoms with Crippen LogP contribution in [0.15, 0.2) is 65.4 Å². The molecular formula is C20H19N3O3. The summed E-state index contributed by atoms with van der Waals surface area (Å²) >= 11 is 0. The Bertz CT molecular complexity index is 891. The van der Waals surface area contributed by atoms with E-state index in [1.54, 1.807) is 41.6 Å². The summed E-state index contributed by atoms with van der Waals surface area (Å²) in [6.45, 7) is 0.559. The van der Waals surface area contributed by atoms with E-state index in [-0.39, 0.29) is 18.6 Å². The summed E-state index contributed by atoms with van der Waals surface area (Å²) in [5.74, 6) is 1.14. The van der Waals surface area contributed by atoms with E-state index in [1.165, 1.54) is 5.56 Å². The average molecular weight is 349 g/mol. The van der Waals surface area contributed by atoms with Gasteiger partial charge in [0.05, 0.1) is 18.4 Å². The zero-order valence-electron chi connectivity index (χ0n) is 14.1. The number of carbonyl (C=O) groups is 1. The van der Waals surface area contributed by atoms with E-state index < -0.39 is 0 Å². The van der Waals surface area contributed by atoms with Crippen LogP contribution in [-0.4, -0.2) is 29.1 Å². The topological polar surface area (TPSA) is 78.6 Å². The predicted molar refractivity (Wildman–Crippen MR) is 98.2 cm³/mol. The summed E-state index contributed by atoms with van der Waals surface area (Å²) in [5.41, 5.74) is 2.69. The van der Waals surface area contributed by atoms with E-state index in [0.717, 1.165) is 12.1 Å². The van der Waals surface area contributed by atoms with Crippen molar-refractivity contribution in [1.82, 2.24) is 4.98 Å². The first-order chi connectivity index (χ1) is 12.8. The van der Waals surface area contributed by atoms with Crippen LogP contribution >= 0.6 is 0 Å². The monoisotopic (exact) mass is 349 g/mol. The van der Waals surface area contributed by atoms with Crippen LogP contribution in [0.3, 0.4) is 0 Å². The highest BCUT2D eigenvalue weighted by atomic mass is 16.3. The largest absolute Gasteiger partial charge is 0.467 e. The summed E-state index contributed by atoms with van der Waals surface area (Å²) in [5, 5.41) is 12.6. The van der Waals surface area contributed by atoms with Crippen molar-refractivity contribution in [2.24, 2.45) is 0 Å². The number of aliphatic hydroxyl groups excluding tert-OH is 1. The molecule has 132 valence electrons. The van der Waals surface area contributed by atoms with Gasteiger partial charge in [0.25, 0.3) is 5.91 Å². The zero-order chi connectivity index (χ0) is 17.9. The summed E-state index contributed by atoms with van der Waals surface area (Å²) in [4.78, 5) is 18.9. The quantitative estimate of drug-likeness (QED) is 0.740. The highest BCUT2D eigenvalue weighted by Gasteiger charge is 2.25. The number of pyridine rings is 1. The minimum absolute atomic E-state index is 0.0567. The highest BCUT2D eigenvalue weighted by Crippen LogP contribution is 2.29. The van der Waals surface area contributed by atoms with Crippen LogP contribution in [0.1, 0.15) is 27.7 Å². The number of anilines is 2. The smallest absolute Gasteiger partial charge is 0.259 e. The third kappa shape index (κ3) is 3.07. The molecule has 0 aliphatic carbocycles. The molecule has 3 heterocycles. The molecule has 3 aromatic rings. The van der Waals surface area contributed by atoms with Crippen molar-refractivity contribution >= 4 is 17.4 Å². The maximum absolute atomic E-state index is 12.8. The van der Waals surface area contributed by atoms with Crippen LogP contribution < -0.4 is 10.2 Å². The minimum Gasteiger partial charge on any atom is -0.467 e. The summed E-state index contributed by atoms with van der Waals surface area (Å²) in [7, 11) is 0. The molecule has 6 nitrogen and oxygen atoms in total. The van der Waals surface area contributed by atoms with Gasteiger partial charge >= 0.3 is 0 Å². The van der Waals surface area contributed by atoms with Crippen LogP contribution in [0.5, 0.6) is 0 Å². The van der Waals surface area contributed by atoms with Gasteiger partial charge in [-0.1, -0.05) is 18.2 Å². The summed E-state index contributed by atoms with van der Waals surface area (Å²) in [6, 6.07) is 14.6. The highest BCUT2D eigenvalue weighted by molar-refractivity contribution is 6.07. The second-order valence-electron chi connectivity index (χ2n) is 6.16. The van der Waals surface area contributed by atoms with Crippen molar-refractivity contribution in [2.45, 2.75) is 12.5 Å². The number of amides is 1. The van der Waals surface area contributed by atoms with E-state index in [4.69, 9.17) is 4.42 Å². The van der Waals surface area contributed by atoms with E-state index in [9.17, 15) is 9.90 Å². The van der Waals surface area contributed by atoms with Crippen molar-refractivity contribution in [2.75, 3.05) is 23.4 Å². The van der Waals surface area contributed by atoms with Crippen molar-refractivity contribution < 1.29 is 14.3 Å². The number of hydrogen-bond acceptors (Lipinski definition) is 5. The average Bonchev–Trinajstić information content (AvgIpc) is 3.36. The molecule has 4 rings (SSSR count). The SMILES string of the molecule is O=C(c1ccc(NC(CO)c2ccco2)nc1)N1CCc2ccccc21.